The summed E-state index contributed by atoms with van der Waals surface area (Å²) in [6.45, 7) is 0. The normalized spacial score (nSPS) is 13.3. The van der Waals surface area contributed by atoms with Gasteiger partial charge in [-0.15, -0.1) is 0 Å². The topological polar surface area (TPSA) is 62.6 Å². The molecule has 7 heteroatoms. The lowest BCUT2D eigenvalue weighted by Gasteiger charge is -2.33. The second-order valence-corrected chi connectivity index (χ2v) is 11.1. The van der Waals surface area contributed by atoms with Crippen molar-refractivity contribution >= 4 is 46.9 Å². The van der Waals surface area contributed by atoms with Gasteiger partial charge >= 0.3 is 6.03 Å². The molecule has 46 heavy (non-hydrogen) atoms. The van der Waals surface area contributed by atoms with Gasteiger partial charge in [-0.2, -0.15) is 0 Å². The Morgan fingerprint density at radius 2 is 0.957 bits per heavy atom. The van der Waals surface area contributed by atoms with E-state index in [1.807, 2.05) is 91.0 Å². The summed E-state index contributed by atoms with van der Waals surface area (Å²) < 4.78 is 2.10. The van der Waals surface area contributed by atoms with Gasteiger partial charge in [0.1, 0.15) is 5.57 Å². The molecule has 1 aromatic heterocycles. The molecule has 0 unspecified atom stereocenters. The van der Waals surface area contributed by atoms with E-state index in [4.69, 9.17) is 11.6 Å². The Morgan fingerprint density at radius 3 is 1.46 bits per heavy atom. The van der Waals surface area contributed by atoms with Crippen molar-refractivity contribution in [3.05, 3.63) is 168 Å². The fourth-order valence-electron chi connectivity index (χ4n) is 5.71. The minimum Gasteiger partial charge on any atom is -0.309 e. The molecule has 6 nitrogen and oxygen atoms in total. The first kappa shape index (κ1) is 28.8. The summed E-state index contributed by atoms with van der Waals surface area (Å²) in [5.74, 6) is -1.40. The number of halogens is 1. The predicted molar refractivity (Wildman–Crippen MR) is 183 cm³/mol. The van der Waals surface area contributed by atoms with Gasteiger partial charge in [0.05, 0.1) is 22.8 Å². The maximum atomic E-state index is 14.2. The number of nitrogens with zero attached hydrogens (tertiary/aromatic N) is 3. The first-order valence-electron chi connectivity index (χ1n) is 14.7. The van der Waals surface area contributed by atoms with E-state index >= 15 is 0 Å². The van der Waals surface area contributed by atoms with Crippen LogP contribution in [0.1, 0.15) is 5.56 Å². The van der Waals surface area contributed by atoms with E-state index in [2.05, 4.69) is 4.57 Å². The van der Waals surface area contributed by atoms with Crippen molar-refractivity contribution in [3.8, 4) is 28.2 Å². The number of urea groups is 1. The average Bonchev–Trinajstić information content (AvgIpc) is 3.48. The third-order valence-corrected chi connectivity index (χ3v) is 8.06. The van der Waals surface area contributed by atoms with Gasteiger partial charge in [-0.05, 0) is 71.8 Å². The van der Waals surface area contributed by atoms with Crippen LogP contribution in [0, 0.1) is 0 Å². The van der Waals surface area contributed by atoms with Gasteiger partial charge in [-0.25, -0.2) is 14.6 Å². The number of benzene rings is 5. The number of carbonyl (C=O) groups is 3. The zero-order chi connectivity index (χ0) is 31.6. The number of carbonyl (C=O) groups excluding carboxylic acids is 3. The van der Waals surface area contributed by atoms with E-state index in [9.17, 15) is 14.4 Å². The van der Waals surface area contributed by atoms with Crippen LogP contribution in [0.3, 0.4) is 0 Å². The van der Waals surface area contributed by atoms with Crippen molar-refractivity contribution < 1.29 is 14.4 Å². The minimum absolute atomic E-state index is 0.141. The molecule has 0 spiro atoms. The van der Waals surface area contributed by atoms with Gasteiger partial charge in [-0.1, -0.05) is 109 Å². The molecule has 1 fully saturated rings. The number of rotatable bonds is 6. The molecule has 0 saturated carbocycles. The molecule has 222 valence electrons. The maximum absolute atomic E-state index is 14.2. The third kappa shape index (κ3) is 5.21. The van der Waals surface area contributed by atoms with E-state index < -0.39 is 17.8 Å². The molecule has 5 aromatic carbocycles. The van der Waals surface area contributed by atoms with Gasteiger partial charge in [0.2, 0.25) is 0 Å². The van der Waals surface area contributed by atoms with E-state index in [1.54, 1.807) is 66.7 Å². The highest BCUT2D eigenvalue weighted by molar-refractivity contribution is 6.46. The van der Waals surface area contributed by atoms with Crippen molar-refractivity contribution in [2.75, 3.05) is 9.80 Å². The smallest absolute Gasteiger partial charge is 0.309 e. The van der Waals surface area contributed by atoms with Crippen molar-refractivity contribution in [2.24, 2.45) is 0 Å². The number of anilines is 2. The van der Waals surface area contributed by atoms with Crippen LogP contribution in [0.2, 0.25) is 5.02 Å². The predicted octanol–water partition coefficient (Wildman–Crippen LogP) is 9.05. The Balaban J connectivity index is 1.50. The molecule has 1 aliphatic rings. The summed E-state index contributed by atoms with van der Waals surface area (Å²) >= 11 is 6.29. The molecular weight excluding hydrogens is 594 g/mol. The van der Waals surface area contributed by atoms with Gasteiger partial charge in [-0.3, -0.25) is 9.59 Å². The number of hydrogen-bond acceptors (Lipinski definition) is 3. The van der Waals surface area contributed by atoms with Crippen LogP contribution in [0.15, 0.2) is 157 Å². The molecule has 0 bridgehead atoms. The Morgan fingerprint density at radius 1 is 0.500 bits per heavy atom. The second kappa shape index (κ2) is 12.2. The quantitative estimate of drug-likeness (QED) is 0.138. The molecule has 1 aliphatic heterocycles. The summed E-state index contributed by atoms with van der Waals surface area (Å²) in [4.78, 5) is 44.4. The van der Waals surface area contributed by atoms with Crippen LogP contribution >= 0.6 is 11.6 Å². The molecule has 0 atom stereocenters. The SMILES string of the molecule is O=C1C(=Cc2cc(-c3ccccc3)n(-c3ccc(Cl)cc3)c2-c2ccccc2)C(=O)N(c2ccccc2)C(=O)N1c1ccccc1. The van der Waals surface area contributed by atoms with Crippen molar-refractivity contribution in [1.29, 1.82) is 0 Å². The van der Waals surface area contributed by atoms with Crippen LogP contribution in [0.4, 0.5) is 16.2 Å². The Hall–Kier alpha value is -5.98. The molecule has 1 saturated heterocycles. The van der Waals surface area contributed by atoms with Crippen molar-refractivity contribution in [3.63, 3.8) is 0 Å². The minimum atomic E-state index is -0.739. The van der Waals surface area contributed by atoms with E-state index in [1.165, 1.54) is 0 Å². The first-order valence-corrected chi connectivity index (χ1v) is 15.1. The standard InChI is InChI=1S/C39H26ClN3O3/c40-30-21-23-33(24-22-30)41-35(27-13-5-1-6-14-27)26-29(36(41)28-15-7-2-8-16-28)25-34-37(44)42(31-17-9-3-10-18-31)39(46)43(38(34)45)32-19-11-4-12-20-32/h1-26H. The highest BCUT2D eigenvalue weighted by Crippen LogP contribution is 2.39. The molecule has 4 amide bonds. The van der Waals surface area contributed by atoms with E-state index in [-0.39, 0.29) is 5.57 Å². The lowest BCUT2D eigenvalue weighted by molar-refractivity contribution is -0.121. The van der Waals surface area contributed by atoms with Crippen LogP contribution < -0.4 is 9.80 Å². The van der Waals surface area contributed by atoms with Gasteiger partial charge in [0, 0.05) is 16.3 Å². The highest BCUT2D eigenvalue weighted by Gasteiger charge is 2.44. The summed E-state index contributed by atoms with van der Waals surface area (Å²) in [5.41, 5.74) is 5.49. The van der Waals surface area contributed by atoms with Crippen LogP contribution in [0.5, 0.6) is 0 Å². The third-order valence-electron chi connectivity index (χ3n) is 7.81. The molecule has 0 N–H and O–H groups in total. The fourth-order valence-corrected chi connectivity index (χ4v) is 5.83. The molecule has 7 rings (SSSR count). The van der Waals surface area contributed by atoms with Gasteiger partial charge in [0.25, 0.3) is 11.8 Å². The van der Waals surface area contributed by atoms with E-state index in [0.717, 1.165) is 38.0 Å². The average molecular weight is 620 g/mol. The summed E-state index contributed by atoms with van der Waals surface area (Å²) in [6.07, 6.45) is 1.60. The van der Waals surface area contributed by atoms with Crippen LogP contribution in [-0.4, -0.2) is 22.4 Å². The van der Waals surface area contributed by atoms with Crippen molar-refractivity contribution in [1.82, 2.24) is 4.57 Å². The zero-order valence-corrected chi connectivity index (χ0v) is 25.2. The number of amides is 4. The fraction of sp³-hybridized carbons (Fsp3) is 0. The molecule has 0 radical (unpaired) electrons. The summed E-state index contributed by atoms with van der Waals surface area (Å²) in [6, 6.07) is 45.7. The molecular formula is C39H26ClN3O3. The lowest BCUT2D eigenvalue weighted by Crippen LogP contribution is -2.57. The lowest BCUT2D eigenvalue weighted by atomic mass is 10.0. The Bertz CT molecular complexity index is 2030. The summed E-state index contributed by atoms with van der Waals surface area (Å²) in [7, 11) is 0. The van der Waals surface area contributed by atoms with Crippen LogP contribution in [0.25, 0.3) is 34.3 Å². The van der Waals surface area contributed by atoms with Gasteiger partial charge in [0.15, 0.2) is 0 Å². The van der Waals surface area contributed by atoms with Crippen molar-refractivity contribution in [2.45, 2.75) is 0 Å². The summed E-state index contributed by atoms with van der Waals surface area (Å²) in [5, 5.41) is 0.603. The second-order valence-electron chi connectivity index (χ2n) is 10.7. The van der Waals surface area contributed by atoms with Gasteiger partial charge < -0.3 is 4.57 Å². The Kier molecular flexibility index (Phi) is 7.62. The maximum Gasteiger partial charge on any atom is 0.343 e. The first-order chi connectivity index (χ1) is 22.5. The number of imide groups is 2. The number of para-hydroxylation sites is 2. The molecule has 0 aliphatic carbocycles. The van der Waals surface area contributed by atoms with E-state index in [0.29, 0.717) is 22.0 Å². The number of hydrogen-bond donors (Lipinski definition) is 0. The molecule has 6 aromatic rings. The number of aromatic nitrogens is 1. The zero-order valence-electron chi connectivity index (χ0n) is 24.5. The molecule has 2 heterocycles. The monoisotopic (exact) mass is 619 g/mol. The Labute approximate surface area is 271 Å². The van der Waals surface area contributed by atoms with Crippen LogP contribution in [-0.2, 0) is 9.59 Å². The largest absolute Gasteiger partial charge is 0.343 e. The highest BCUT2D eigenvalue weighted by atomic mass is 35.5. The number of barbiturate groups is 1.